The van der Waals surface area contributed by atoms with Gasteiger partial charge in [0.15, 0.2) is 0 Å². The summed E-state index contributed by atoms with van der Waals surface area (Å²) in [5.74, 6) is -0.0292. The van der Waals surface area contributed by atoms with Crippen LogP contribution in [0.25, 0.3) is 0 Å². The molecular weight excluding hydrogens is 272 g/mol. The maximum absolute atomic E-state index is 11.6. The maximum Gasteiger partial charge on any atom is 0.322 e. The van der Waals surface area contributed by atoms with Gasteiger partial charge in [0.1, 0.15) is 12.3 Å². The Bertz CT molecular complexity index is 501. The van der Waals surface area contributed by atoms with E-state index in [1.807, 2.05) is 17.0 Å². The van der Waals surface area contributed by atoms with Gasteiger partial charge >= 0.3 is 5.97 Å². The van der Waals surface area contributed by atoms with Gasteiger partial charge in [-0.1, -0.05) is 12.1 Å². The molecule has 0 aromatic heterocycles. The van der Waals surface area contributed by atoms with Crippen molar-refractivity contribution in [1.82, 2.24) is 10.2 Å². The predicted octanol–water partition coefficient (Wildman–Crippen LogP) is 0.685. The van der Waals surface area contributed by atoms with E-state index < -0.39 is 5.97 Å². The van der Waals surface area contributed by atoms with E-state index in [1.54, 1.807) is 7.11 Å². The molecule has 1 aromatic carbocycles. The average Bonchev–Trinajstić information content (AvgIpc) is 2.93. The number of carboxylic acid groups (broad SMARTS) is 1. The highest BCUT2D eigenvalue weighted by atomic mass is 16.5. The van der Waals surface area contributed by atoms with Crippen molar-refractivity contribution in [2.75, 3.05) is 33.3 Å². The van der Waals surface area contributed by atoms with Crippen LogP contribution in [0.1, 0.15) is 17.9 Å². The summed E-state index contributed by atoms with van der Waals surface area (Å²) in [4.78, 5) is 24.0. The number of nitrogens with zero attached hydrogens (tertiary/aromatic N) is 1. The number of likely N-dealkylation sites (tertiary alicyclic amines) is 1. The quantitative estimate of drug-likeness (QED) is 0.806. The molecule has 0 bridgehead atoms. The molecule has 1 heterocycles. The van der Waals surface area contributed by atoms with Crippen molar-refractivity contribution in [3.05, 3.63) is 29.8 Å². The predicted molar refractivity (Wildman–Crippen MR) is 77.4 cm³/mol. The van der Waals surface area contributed by atoms with Gasteiger partial charge in [-0.05, 0) is 36.6 Å². The van der Waals surface area contributed by atoms with Crippen LogP contribution in [-0.4, -0.2) is 55.2 Å². The number of carbonyl (C=O) groups excluding carboxylic acids is 1. The van der Waals surface area contributed by atoms with Crippen LogP contribution in [0.2, 0.25) is 0 Å². The monoisotopic (exact) mass is 292 g/mol. The van der Waals surface area contributed by atoms with Crippen LogP contribution in [0.3, 0.4) is 0 Å². The van der Waals surface area contributed by atoms with E-state index in [4.69, 9.17) is 9.84 Å². The summed E-state index contributed by atoms with van der Waals surface area (Å²) in [5.41, 5.74) is 1.24. The zero-order valence-corrected chi connectivity index (χ0v) is 12.0. The number of ether oxygens (including phenoxy) is 1. The van der Waals surface area contributed by atoms with Gasteiger partial charge in [0, 0.05) is 6.54 Å². The SMILES string of the molecule is COc1ccc(C2CCN(CC(=O)NCC(=O)O)C2)cc1. The molecule has 1 aromatic rings. The Morgan fingerprint density at radius 1 is 1.38 bits per heavy atom. The fraction of sp³-hybridized carbons (Fsp3) is 0.467. The maximum atomic E-state index is 11.6. The summed E-state index contributed by atoms with van der Waals surface area (Å²) < 4.78 is 5.14. The van der Waals surface area contributed by atoms with Gasteiger partial charge in [-0.25, -0.2) is 0 Å². The van der Waals surface area contributed by atoms with Gasteiger partial charge in [-0.15, -0.1) is 0 Å². The molecule has 21 heavy (non-hydrogen) atoms. The minimum absolute atomic E-state index is 0.243. The Kier molecular flexibility index (Phi) is 5.16. The summed E-state index contributed by atoms with van der Waals surface area (Å²) in [6.07, 6.45) is 0.999. The highest BCUT2D eigenvalue weighted by Crippen LogP contribution is 2.28. The zero-order chi connectivity index (χ0) is 15.2. The van der Waals surface area contributed by atoms with Crippen molar-refractivity contribution in [2.24, 2.45) is 0 Å². The standard InChI is InChI=1S/C15H20N2O4/c1-21-13-4-2-11(3-5-13)12-6-7-17(9-12)10-14(18)16-8-15(19)20/h2-5,12H,6-10H2,1H3,(H,16,18)(H,19,20). The first kappa shape index (κ1) is 15.3. The highest BCUT2D eigenvalue weighted by molar-refractivity contribution is 5.82. The molecule has 1 fully saturated rings. The average molecular weight is 292 g/mol. The number of aliphatic carboxylic acids is 1. The van der Waals surface area contributed by atoms with Gasteiger partial charge in [0.2, 0.25) is 5.91 Å². The van der Waals surface area contributed by atoms with E-state index in [-0.39, 0.29) is 19.0 Å². The number of hydrogen-bond donors (Lipinski definition) is 2. The van der Waals surface area contributed by atoms with Crippen molar-refractivity contribution in [3.63, 3.8) is 0 Å². The second-order valence-electron chi connectivity index (χ2n) is 5.16. The molecule has 0 radical (unpaired) electrons. The molecule has 1 atom stereocenters. The third kappa shape index (κ3) is 4.46. The summed E-state index contributed by atoms with van der Waals surface area (Å²) in [5, 5.41) is 10.9. The molecule has 1 saturated heterocycles. The number of carbonyl (C=O) groups is 2. The number of benzene rings is 1. The van der Waals surface area contributed by atoms with E-state index in [2.05, 4.69) is 17.4 Å². The highest BCUT2D eigenvalue weighted by Gasteiger charge is 2.25. The molecule has 0 saturated carbocycles. The Balaban J connectivity index is 1.82. The lowest BCUT2D eigenvalue weighted by molar-refractivity contribution is -0.138. The minimum atomic E-state index is -1.03. The third-order valence-corrected chi connectivity index (χ3v) is 3.66. The van der Waals surface area contributed by atoms with Gasteiger partial charge in [-0.3, -0.25) is 14.5 Å². The van der Waals surface area contributed by atoms with E-state index in [9.17, 15) is 9.59 Å². The van der Waals surface area contributed by atoms with E-state index in [1.165, 1.54) is 5.56 Å². The number of hydrogen-bond acceptors (Lipinski definition) is 4. The number of rotatable bonds is 6. The molecule has 6 nitrogen and oxygen atoms in total. The van der Waals surface area contributed by atoms with Crippen molar-refractivity contribution >= 4 is 11.9 Å². The minimum Gasteiger partial charge on any atom is -0.497 e. The molecular formula is C15H20N2O4. The molecule has 0 aliphatic carbocycles. The Morgan fingerprint density at radius 3 is 2.71 bits per heavy atom. The van der Waals surface area contributed by atoms with Gasteiger partial charge in [0.25, 0.3) is 0 Å². The van der Waals surface area contributed by atoms with Crippen molar-refractivity contribution < 1.29 is 19.4 Å². The topological polar surface area (TPSA) is 78.9 Å². The van der Waals surface area contributed by atoms with Gasteiger partial charge in [-0.2, -0.15) is 0 Å². The van der Waals surface area contributed by atoms with Crippen molar-refractivity contribution in [1.29, 1.82) is 0 Å². The van der Waals surface area contributed by atoms with Crippen molar-refractivity contribution in [3.8, 4) is 5.75 Å². The van der Waals surface area contributed by atoms with Crippen LogP contribution in [0.4, 0.5) is 0 Å². The number of methoxy groups -OCH3 is 1. The fourth-order valence-electron chi connectivity index (χ4n) is 2.56. The van der Waals surface area contributed by atoms with Gasteiger partial charge < -0.3 is 15.2 Å². The molecule has 1 aliphatic heterocycles. The molecule has 114 valence electrons. The third-order valence-electron chi connectivity index (χ3n) is 3.66. The first-order valence-corrected chi connectivity index (χ1v) is 6.93. The summed E-state index contributed by atoms with van der Waals surface area (Å²) in [7, 11) is 1.64. The summed E-state index contributed by atoms with van der Waals surface area (Å²) >= 11 is 0. The van der Waals surface area contributed by atoms with Gasteiger partial charge in [0.05, 0.1) is 13.7 Å². The van der Waals surface area contributed by atoms with Crippen molar-refractivity contribution in [2.45, 2.75) is 12.3 Å². The first-order chi connectivity index (χ1) is 10.1. The number of nitrogens with one attached hydrogen (secondary N) is 1. The number of amides is 1. The van der Waals surface area contributed by atoms with Crippen LogP contribution in [0.15, 0.2) is 24.3 Å². The number of carboxylic acids is 1. The fourth-order valence-corrected chi connectivity index (χ4v) is 2.56. The van der Waals surface area contributed by atoms with Crippen LogP contribution < -0.4 is 10.1 Å². The van der Waals surface area contributed by atoms with Crippen LogP contribution in [0.5, 0.6) is 5.75 Å². The lowest BCUT2D eigenvalue weighted by Gasteiger charge is -2.15. The molecule has 6 heteroatoms. The van der Waals surface area contributed by atoms with E-state index in [0.717, 1.165) is 25.3 Å². The molecule has 2 N–H and O–H groups in total. The van der Waals surface area contributed by atoms with Crippen LogP contribution in [0, 0.1) is 0 Å². The smallest absolute Gasteiger partial charge is 0.322 e. The molecule has 0 spiro atoms. The summed E-state index contributed by atoms with van der Waals surface area (Å²) in [6.45, 7) is 1.58. The second kappa shape index (κ2) is 7.08. The molecule has 1 aliphatic rings. The molecule has 2 rings (SSSR count). The normalized spacial score (nSPS) is 18.4. The Hall–Kier alpha value is -2.08. The van der Waals surface area contributed by atoms with E-state index >= 15 is 0 Å². The van der Waals surface area contributed by atoms with E-state index in [0.29, 0.717) is 5.92 Å². The zero-order valence-electron chi connectivity index (χ0n) is 12.0. The summed E-state index contributed by atoms with van der Waals surface area (Å²) in [6, 6.07) is 7.99. The first-order valence-electron chi connectivity index (χ1n) is 6.93. The Morgan fingerprint density at radius 2 is 2.10 bits per heavy atom. The Labute approximate surface area is 123 Å². The molecule has 1 unspecified atom stereocenters. The second-order valence-corrected chi connectivity index (χ2v) is 5.16. The lowest BCUT2D eigenvalue weighted by Crippen LogP contribution is -2.38. The largest absolute Gasteiger partial charge is 0.497 e. The van der Waals surface area contributed by atoms with Crippen LogP contribution in [-0.2, 0) is 9.59 Å². The lowest BCUT2D eigenvalue weighted by atomic mass is 9.98. The van der Waals surface area contributed by atoms with Crippen LogP contribution >= 0.6 is 0 Å². The molecule has 1 amide bonds.